The maximum Gasteiger partial charge on any atom is 0.303 e. The van der Waals surface area contributed by atoms with Crippen LogP contribution in [0, 0.1) is 0 Å². The Bertz CT molecular complexity index is 1430. The molecule has 23 heavy (non-hydrogen) atoms. The molecule has 2 aromatic rings. The number of rotatable bonds is 9. The van der Waals surface area contributed by atoms with E-state index in [0.717, 1.165) is 0 Å². The van der Waals surface area contributed by atoms with Crippen molar-refractivity contribution in [3.8, 4) is 0 Å². The van der Waals surface area contributed by atoms with Crippen LogP contribution in [0.1, 0.15) is 46.0 Å². The first-order valence-electron chi connectivity index (χ1n) is 16.0. The molecule has 2 rings (SSSR count). The van der Waals surface area contributed by atoms with Gasteiger partial charge in [-0.05, 0) is 24.5 Å². The molecule has 0 spiro atoms. The van der Waals surface area contributed by atoms with Gasteiger partial charge in [0.05, 0.1) is 20.6 Å². The quantitative estimate of drug-likeness (QED) is 0.680. The van der Waals surface area contributed by atoms with Gasteiger partial charge in [0.2, 0.25) is 0 Å². The molecular weight excluding hydrogens is 337 g/mol. The van der Waals surface area contributed by atoms with Gasteiger partial charge < -0.3 is 14.6 Å². The van der Waals surface area contributed by atoms with Gasteiger partial charge in [-0.3, -0.25) is 4.79 Å². The van der Waals surface area contributed by atoms with Crippen LogP contribution in [0.2, 0.25) is 0 Å². The molecule has 0 radical (unpaired) electrons. The summed E-state index contributed by atoms with van der Waals surface area (Å²) in [6, 6.07) is -4.29. The smallest absolute Gasteiger partial charge is 0.303 e. The zero-order chi connectivity index (χ0) is 35.2. The summed E-state index contributed by atoms with van der Waals surface area (Å²) in [5, 5.41) is 3.45. The lowest BCUT2D eigenvalue weighted by atomic mass is 10.2. The number of aryl methyl sites for hydroxylation is 2. The van der Waals surface area contributed by atoms with Crippen molar-refractivity contribution in [3.05, 3.63) is 24.0 Å². The maximum atomic E-state index is 11.9. The van der Waals surface area contributed by atoms with E-state index in [0.29, 0.717) is 0 Å². The van der Waals surface area contributed by atoms with Crippen molar-refractivity contribution in [3.63, 3.8) is 0 Å². The van der Waals surface area contributed by atoms with E-state index in [1.165, 1.54) is 0 Å². The number of aliphatic carboxylic acids is 1. The van der Waals surface area contributed by atoms with Crippen molar-refractivity contribution in [2.75, 3.05) is 29.6 Å². The molecule has 7 heteroatoms. The topological polar surface area (TPSA) is 58.4 Å². The van der Waals surface area contributed by atoms with Crippen molar-refractivity contribution in [2.45, 2.75) is 19.1 Å². The van der Waals surface area contributed by atoms with Crippen LogP contribution in [-0.4, -0.2) is 45.3 Å². The number of carbonyl (C=O) groups is 1. The summed E-state index contributed by atoms with van der Waals surface area (Å²) in [6.45, 7) is -11.5. The monoisotopic (exact) mass is 378 g/mol. The Kier molecular flexibility index (Phi) is 1.75. The van der Waals surface area contributed by atoms with E-state index < -0.39 is 102 Å². The molecule has 0 atom stereocenters. The molecular formula is C16H21Cl2N3O2. The predicted octanol–water partition coefficient (Wildman–Crippen LogP) is 3.26. The van der Waals surface area contributed by atoms with Crippen LogP contribution in [0.4, 0.5) is 5.69 Å². The van der Waals surface area contributed by atoms with E-state index in [1.54, 1.807) is 0 Å². The molecule has 126 valence electrons. The first kappa shape index (κ1) is 4.79. The fourth-order valence-electron chi connectivity index (χ4n) is 1.44. The van der Waals surface area contributed by atoms with Crippen molar-refractivity contribution < 1.29 is 37.3 Å². The Morgan fingerprint density at radius 3 is 2.96 bits per heavy atom. The molecule has 0 aliphatic carbocycles. The predicted molar refractivity (Wildman–Crippen MR) is 94.9 cm³/mol. The molecule has 1 N–H and O–H groups in total. The number of carboxylic acid groups (broad SMARTS) is 1. The molecule has 1 heterocycles. The zero-order valence-corrected chi connectivity index (χ0v) is 12.4. The summed E-state index contributed by atoms with van der Waals surface area (Å²) in [4.78, 5) is 14.9. The summed E-state index contributed by atoms with van der Waals surface area (Å²) in [5.74, 6) is -11.1. The summed E-state index contributed by atoms with van der Waals surface area (Å²) in [7, 11) is 0. The summed E-state index contributed by atoms with van der Waals surface area (Å²) in [6.07, 6.45) is -12.1. The fraction of sp³-hybridized carbons (Fsp3) is 0.500. The number of hydrogen-bond donors (Lipinski definition) is 1. The highest BCUT2D eigenvalue weighted by Crippen LogP contribution is 2.23. The Hall–Kier alpha value is -1.46. The highest BCUT2D eigenvalue weighted by Gasteiger charge is 2.11. The molecule has 1 aromatic carbocycles. The van der Waals surface area contributed by atoms with Crippen LogP contribution in [0.25, 0.3) is 12.5 Å². The van der Waals surface area contributed by atoms with Crippen LogP contribution < -0.4 is 4.90 Å². The average molecular weight is 379 g/mol. The number of carboxylic acids is 1. The highest BCUT2D eigenvalue weighted by molar-refractivity contribution is 6.18. The van der Waals surface area contributed by atoms with Gasteiger partial charge in [-0.2, -0.15) is 0 Å². The number of fused-ring (bicyclic) bond motifs is 1. The molecule has 0 unspecified atom stereocenters. The molecule has 0 saturated heterocycles. The lowest BCUT2D eigenvalue weighted by Crippen LogP contribution is -2.27. The number of alkyl halides is 2. The van der Waals surface area contributed by atoms with Crippen molar-refractivity contribution in [1.29, 1.82) is 1.43 Å². The molecule has 0 fully saturated rings. The second kappa shape index (κ2) is 8.41. The van der Waals surface area contributed by atoms with Gasteiger partial charge in [-0.25, -0.2) is 4.98 Å². The standard InChI is InChI=1S/C16H21Cl2N3O2/c1-20-14-6-5-12(21(9-7-17)10-8-18)11-13(14)19-15(20)3-2-4-16(22)23/h5-6,11H,2-4,7-10H2,1H3,(H,22,23)/i1D3,2D2,3D2,4D2,5D,6D,7D2,8D2,9D2,10D2,11D/hD. The van der Waals surface area contributed by atoms with E-state index in [4.69, 9.17) is 52.0 Å². The number of nitrogens with zero attached hydrogens (tertiary/aromatic N) is 3. The first-order valence-corrected chi connectivity index (χ1v) is 6.33. The van der Waals surface area contributed by atoms with Gasteiger partial charge in [-0.15, -0.1) is 23.2 Å². The summed E-state index contributed by atoms with van der Waals surface area (Å²) in [5.41, 5.74) is -3.80. The van der Waals surface area contributed by atoms with Crippen LogP contribution in [-0.2, 0) is 18.1 Å². The zero-order valence-electron chi connectivity index (χ0n) is 31.9. The van der Waals surface area contributed by atoms with Gasteiger partial charge in [0.1, 0.15) is 5.82 Å². The number of anilines is 1. The average Bonchev–Trinajstić information content (AvgIpc) is 3.25. The van der Waals surface area contributed by atoms with E-state index >= 15 is 0 Å². The van der Waals surface area contributed by atoms with Gasteiger partial charge in [-0.1, -0.05) is 0 Å². The SMILES string of the molecule is [2H]OC(=O)C([2H])([2H])C([2H])([2H])C([2H])([2H])c1nc2c([2H])c(N(C([2H])([2H])C([2H])([2H])Cl)C([2H])([2H])C([2H])([2H])Cl)c([2H])c([2H])c2n1C([2H])([2H])[2H]. The molecule has 0 amide bonds. The number of aromatic nitrogens is 2. The Morgan fingerprint density at radius 1 is 1.52 bits per heavy atom. The van der Waals surface area contributed by atoms with Crippen LogP contribution in [0.5, 0.6) is 0 Å². The van der Waals surface area contributed by atoms with E-state index in [-0.39, 0.29) is 4.57 Å². The minimum atomic E-state index is -4.12. The van der Waals surface area contributed by atoms with Crippen molar-refractivity contribution in [2.24, 2.45) is 6.98 Å². The molecule has 0 saturated carbocycles. The van der Waals surface area contributed by atoms with Crippen LogP contribution >= 0.6 is 23.2 Å². The minimum absolute atomic E-state index is 0.181. The number of halogens is 2. The van der Waals surface area contributed by atoms with Gasteiger partial charge in [0.15, 0.2) is 0 Å². The minimum Gasteiger partial charge on any atom is -0.481 e. The second-order valence-electron chi connectivity index (χ2n) is 3.60. The Morgan fingerprint density at radius 2 is 2.30 bits per heavy atom. The van der Waals surface area contributed by atoms with Crippen LogP contribution in [0.15, 0.2) is 18.1 Å². The van der Waals surface area contributed by atoms with Crippen LogP contribution in [0.3, 0.4) is 0 Å². The summed E-state index contributed by atoms with van der Waals surface area (Å²) >= 11 is 11.0. The molecule has 0 aliphatic heterocycles. The maximum absolute atomic E-state index is 11.9. The summed E-state index contributed by atoms with van der Waals surface area (Å²) < 4.78 is 168. The Labute approximate surface area is 175 Å². The van der Waals surface area contributed by atoms with Gasteiger partial charge >= 0.3 is 5.97 Å². The number of imidazole rings is 1. The van der Waals surface area contributed by atoms with E-state index in [1.807, 2.05) is 0 Å². The fourth-order valence-corrected chi connectivity index (χ4v) is 1.61. The lowest BCUT2D eigenvalue weighted by molar-refractivity contribution is -0.137. The third kappa shape index (κ3) is 4.52. The van der Waals surface area contributed by atoms with E-state index in [9.17, 15) is 4.79 Å². The number of benzene rings is 1. The third-order valence-electron chi connectivity index (χ3n) is 2.28. The van der Waals surface area contributed by atoms with Crippen molar-refractivity contribution >= 4 is 45.9 Å². The van der Waals surface area contributed by atoms with Gasteiger partial charge in [0, 0.05) is 67.9 Å². The normalized spacial score (nSPS) is 29.2. The second-order valence-corrected chi connectivity index (χ2v) is 3.98. The molecule has 5 nitrogen and oxygen atoms in total. The largest absolute Gasteiger partial charge is 0.481 e. The molecule has 0 bridgehead atoms. The highest BCUT2D eigenvalue weighted by atomic mass is 35.5. The third-order valence-corrected chi connectivity index (χ3v) is 2.45. The van der Waals surface area contributed by atoms with Crippen molar-refractivity contribution in [1.82, 2.24) is 9.55 Å². The van der Waals surface area contributed by atoms with E-state index in [2.05, 4.69) is 10.1 Å². The lowest BCUT2D eigenvalue weighted by Gasteiger charge is -2.22. The Balaban J connectivity index is 3.28. The van der Waals surface area contributed by atoms with Gasteiger partial charge in [0.25, 0.3) is 1.43 Å². The first-order chi connectivity index (χ1) is 19.2. The molecule has 0 aliphatic rings. The molecule has 1 aromatic heterocycles. The number of hydrogen-bond acceptors (Lipinski definition) is 4.